The van der Waals surface area contributed by atoms with E-state index < -0.39 is 49.6 Å². The maximum atomic E-state index is 12.5. The highest BCUT2D eigenvalue weighted by Crippen LogP contribution is 2.46. The molecule has 79 heavy (non-hydrogen) atoms. The molecule has 0 aromatic heterocycles. The Morgan fingerprint density at radius 3 is 1.03 bits per heavy atom. The van der Waals surface area contributed by atoms with Gasteiger partial charge in [0.15, 0.2) is 19.8 Å². The molecule has 0 radical (unpaired) electrons. The van der Waals surface area contributed by atoms with E-state index in [0.29, 0.717) is 61.8 Å². The number of rotatable bonds is 20. The van der Waals surface area contributed by atoms with Gasteiger partial charge in [-0.25, -0.2) is 14.4 Å². The lowest BCUT2D eigenvalue weighted by Gasteiger charge is -2.27. The van der Waals surface area contributed by atoms with Crippen molar-refractivity contribution in [3.8, 4) is 51.4 Å². The molecular formula is C66H64O13. The van der Waals surface area contributed by atoms with Crippen molar-refractivity contribution in [2.75, 3.05) is 19.8 Å². The lowest BCUT2D eigenvalue weighted by Crippen LogP contribution is -2.15. The molecule has 13 heteroatoms. The van der Waals surface area contributed by atoms with Crippen LogP contribution >= 0.6 is 0 Å². The Balaban J connectivity index is 1.35. The first-order valence-electron chi connectivity index (χ1n) is 25.8. The number of carbonyl (C=O) groups is 3. The predicted octanol–water partition coefficient (Wildman–Crippen LogP) is 12.6. The summed E-state index contributed by atoms with van der Waals surface area (Å²) in [4.78, 5) is 36.6. The van der Waals surface area contributed by atoms with Crippen LogP contribution in [0.4, 0.5) is 0 Å². The second kappa shape index (κ2) is 23.6. The molecule has 0 spiro atoms. The average molecular weight is 1070 g/mol. The molecule has 0 aliphatic heterocycles. The molecule has 8 aromatic rings. The van der Waals surface area contributed by atoms with Gasteiger partial charge in [-0.15, -0.1) is 0 Å². The maximum absolute atomic E-state index is 12.5. The Kier molecular flexibility index (Phi) is 16.7. The molecule has 8 rings (SSSR count). The summed E-state index contributed by atoms with van der Waals surface area (Å²) in [5.41, 5.74) is 14.4. The molecular weight excluding hydrogens is 1000 g/mol. The minimum absolute atomic E-state index is 0.112. The largest absolute Gasteiger partial charge is 0.508 e. The summed E-state index contributed by atoms with van der Waals surface area (Å²) in [6.07, 6.45) is 0.383. The summed E-state index contributed by atoms with van der Waals surface area (Å²) in [7, 11) is 0. The molecule has 8 aromatic carbocycles. The summed E-state index contributed by atoms with van der Waals surface area (Å²) in [6.45, 7) is 12.8. The van der Waals surface area contributed by atoms with Crippen molar-refractivity contribution in [1.29, 1.82) is 0 Å². The molecule has 0 aliphatic rings. The van der Waals surface area contributed by atoms with Gasteiger partial charge in [-0.2, -0.15) is 0 Å². The third-order valence-electron chi connectivity index (χ3n) is 14.5. The number of benzene rings is 8. The SMILES string of the molecule is Cc1cc(C(c2cc(C)c(O)cc2C)c2cc(Cc3cc(-c4ccccc4)cc(Cc4ccc(OCC(=O)O)c(C(c5cc(C)c(O)cc5C)c5cc(C)c(O)cc5C)c4)c3OCC(=O)O)ccc2OCC(=O)O)c(C)cc1O. The van der Waals surface area contributed by atoms with E-state index in [-0.39, 0.29) is 35.8 Å². The summed E-state index contributed by atoms with van der Waals surface area (Å²) >= 11 is 0. The van der Waals surface area contributed by atoms with Gasteiger partial charge in [-0.3, -0.25) is 0 Å². The van der Waals surface area contributed by atoms with Crippen LogP contribution in [0.2, 0.25) is 0 Å². The molecule has 0 saturated carbocycles. The van der Waals surface area contributed by atoms with Crippen molar-refractivity contribution >= 4 is 17.9 Å². The van der Waals surface area contributed by atoms with Gasteiger partial charge in [-0.05, 0) is 204 Å². The maximum Gasteiger partial charge on any atom is 0.341 e. The lowest BCUT2D eigenvalue weighted by molar-refractivity contribution is -0.140. The van der Waals surface area contributed by atoms with Gasteiger partial charge in [-0.1, -0.05) is 78.9 Å². The molecule has 0 unspecified atom stereocenters. The first-order chi connectivity index (χ1) is 37.6. The monoisotopic (exact) mass is 1060 g/mol. The minimum Gasteiger partial charge on any atom is -0.508 e. The predicted molar refractivity (Wildman–Crippen MR) is 302 cm³/mol. The van der Waals surface area contributed by atoms with E-state index in [1.165, 1.54) is 0 Å². The highest BCUT2D eigenvalue weighted by Gasteiger charge is 2.29. The second-order valence-electron chi connectivity index (χ2n) is 20.5. The van der Waals surface area contributed by atoms with Crippen LogP contribution in [0.1, 0.15) is 112 Å². The van der Waals surface area contributed by atoms with Crippen LogP contribution in [0.15, 0.2) is 127 Å². The molecule has 7 N–H and O–H groups in total. The fourth-order valence-electron chi connectivity index (χ4n) is 10.5. The number of carboxylic acid groups (broad SMARTS) is 3. The van der Waals surface area contributed by atoms with Gasteiger partial charge in [0.05, 0.1) is 0 Å². The average Bonchev–Trinajstić information content (AvgIpc) is 3.46. The highest BCUT2D eigenvalue weighted by atomic mass is 16.5. The summed E-state index contributed by atoms with van der Waals surface area (Å²) in [5.74, 6) is -3.37. The lowest BCUT2D eigenvalue weighted by atomic mass is 9.78. The number of aliphatic carboxylic acids is 3. The van der Waals surface area contributed by atoms with E-state index >= 15 is 0 Å². The number of aromatic hydroxyl groups is 4. The highest BCUT2D eigenvalue weighted by molar-refractivity contribution is 5.72. The van der Waals surface area contributed by atoms with Crippen LogP contribution in [0.5, 0.6) is 40.2 Å². The molecule has 0 heterocycles. The zero-order valence-electron chi connectivity index (χ0n) is 45.4. The Labute approximate surface area is 459 Å². The van der Waals surface area contributed by atoms with Crippen molar-refractivity contribution in [1.82, 2.24) is 0 Å². The van der Waals surface area contributed by atoms with Crippen LogP contribution in [0, 0.1) is 55.4 Å². The third-order valence-corrected chi connectivity index (χ3v) is 14.5. The van der Waals surface area contributed by atoms with Crippen LogP contribution in [0.3, 0.4) is 0 Å². The van der Waals surface area contributed by atoms with Crippen molar-refractivity contribution in [2.24, 2.45) is 0 Å². The van der Waals surface area contributed by atoms with Crippen molar-refractivity contribution < 1.29 is 64.3 Å². The summed E-state index contributed by atoms with van der Waals surface area (Å²) < 4.78 is 18.5. The van der Waals surface area contributed by atoms with Crippen molar-refractivity contribution in [2.45, 2.75) is 80.1 Å². The van der Waals surface area contributed by atoms with Crippen LogP contribution in [-0.4, -0.2) is 73.5 Å². The number of phenolic OH excluding ortho intramolecular Hbond substituents is 4. The van der Waals surface area contributed by atoms with Crippen LogP contribution in [0.25, 0.3) is 11.1 Å². The first kappa shape index (κ1) is 56.0. The van der Waals surface area contributed by atoms with Crippen LogP contribution < -0.4 is 14.2 Å². The van der Waals surface area contributed by atoms with E-state index in [2.05, 4.69) is 0 Å². The smallest absolute Gasteiger partial charge is 0.341 e. The van der Waals surface area contributed by atoms with Gasteiger partial charge < -0.3 is 50.0 Å². The topological polar surface area (TPSA) is 221 Å². The minimum atomic E-state index is -1.20. The fraction of sp³-hybridized carbons (Fsp3) is 0.227. The van der Waals surface area contributed by atoms with E-state index in [4.69, 9.17) is 14.2 Å². The number of hydrogen-bond acceptors (Lipinski definition) is 10. The van der Waals surface area contributed by atoms with Crippen molar-refractivity contribution in [3.63, 3.8) is 0 Å². The Morgan fingerprint density at radius 2 is 0.696 bits per heavy atom. The van der Waals surface area contributed by atoms with Gasteiger partial charge >= 0.3 is 17.9 Å². The first-order valence-corrected chi connectivity index (χ1v) is 25.8. The fourth-order valence-corrected chi connectivity index (χ4v) is 10.5. The molecule has 0 atom stereocenters. The van der Waals surface area contributed by atoms with E-state index in [1.807, 2.05) is 119 Å². The molecule has 0 aliphatic carbocycles. The number of phenols is 4. The summed E-state index contributed by atoms with van der Waals surface area (Å²) in [6, 6.07) is 39.0. The molecule has 0 amide bonds. The molecule has 0 saturated heterocycles. The van der Waals surface area contributed by atoms with Gasteiger partial charge in [0.25, 0.3) is 0 Å². The number of carboxylic acids is 3. The normalized spacial score (nSPS) is 11.3. The van der Waals surface area contributed by atoms with E-state index in [0.717, 1.165) is 66.8 Å². The molecule has 406 valence electrons. The Bertz CT molecular complexity index is 3330. The molecule has 13 nitrogen and oxygen atoms in total. The Hall–Kier alpha value is -9.23. The molecule has 0 fully saturated rings. The van der Waals surface area contributed by atoms with E-state index in [1.54, 1.807) is 64.1 Å². The zero-order valence-corrected chi connectivity index (χ0v) is 45.4. The van der Waals surface area contributed by atoms with Gasteiger partial charge in [0, 0.05) is 35.8 Å². The van der Waals surface area contributed by atoms with Gasteiger partial charge in [0.1, 0.15) is 40.2 Å². The molecule has 0 bridgehead atoms. The number of aryl methyl sites for hydroxylation is 8. The second-order valence-corrected chi connectivity index (χ2v) is 20.5. The van der Waals surface area contributed by atoms with E-state index in [9.17, 15) is 50.1 Å². The van der Waals surface area contributed by atoms with Gasteiger partial charge in [0.2, 0.25) is 0 Å². The summed E-state index contributed by atoms with van der Waals surface area (Å²) in [5, 5.41) is 73.3. The Morgan fingerprint density at radius 1 is 0.367 bits per heavy atom. The quantitative estimate of drug-likeness (QED) is 0.0354. The van der Waals surface area contributed by atoms with Crippen LogP contribution in [-0.2, 0) is 27.2 Å². The van der Waals surface area contributed by atoms with Crippen molar-refractivity contribution in [3.05, 3.63) is 228 Å². The third kappa shape index (κ3) is 12.6. The standard InChI is InChI=1S/C66H64O13/c1-35-22-55(67)39(5)18-49(35)64(50-19-40(6)56(68)23-36(50)2)53-28-43(14-16-59(53)77-32-61(71)72)26-47-30-46(45-12-10-9-11-13-45)31-48(66(47)79-34-63(75)76)27-44-15-17-60(78-33-62(73)74)54(29-44)65(51-20-41(7)57(69)24-37(51)3)52-21-42(8)58(70)25-38(52)4/h9-25,28-31,64-65,67-70H,26-27,32-34H2,1-8H3,(H,71,72)(H,73,74)(H,75,76). The zero-order chi connectivity index (χ0) is 57.0. The number of hydrogen-bond donors (Lipinski definition) is 7. The number of ether oxygens (including phenoxy) is 3.